The van der Waals surface area contributed by atoms with Crippen LogP contribution < -0.4 is 10.6 Å². The van der Waals surface area contributed by atoms with Gasteiger partial charge in [0.25, 0.3) is 0 Å². The molecule has 2 amide bonds. The van der Waals surface area contributed by atoms with Crippen LogP contribution in [0.2, 0.25) is 0 Å². The fourth-order valence-corrected chi connectivity index (χ4v) is 2.88. The number of fused-ring (bicyclic) bond motifs is 1. The molecular formula is C14H18N2O2S. The first-order valence-electron chi connectivity index (χ1n) is 6.14. The molecule has 0 spiro atoms. The van der Waals surface area contributed by atoms with Crippen LogP contribution in [0.15, 0.2) is 29.2 Å². The van der Waals surface area contributed by atoms with Gasteiger partial charge in [-0.1, -0.05) is 23.9 Å². The number of benzene rings is 1. The van der Waals surface area contributed by atoms with E-state index in [2.05, 4.69) is 10.6 Å². The maximum Gasteiger partial charge on any atom is 0.250 e. The highest BCUT2D eigenvalue weighted by Crippen LogP contribution is 2.42. The minimum atomic E-state index is -1.14. The van der Waals surface area contributed by atoms with Gasteiger partial charge in [-0.15, -0.1) is 0 Å². The number of carbonyl (C=O) groups is 2. The van der Waals surface area contributed by atoms with E-state index in [4.69, 9.17) is 0 Å². The van der Waals surface area contributed by atoms with Crippen LogP contribution in [0.3, 0.4) is 0 Å². The Bertz CT molecular complexity index is 536. The third kappa shape index (κ3) is 2.76. The zero-order chi connectivity index (χ0) is 14.3. The lowest BCUT2D eigenvalue weighted by molar-refractivity contribution is -0.130. The number of thioether (sulfide) groups is 1. The van der Waals surface area contributed by atoms with Crippen LogP contribution in [0.4, 0.5) is 5.69 Å². The van der Waals surface area contributed by atoms with E-state index in [1.165, 1.54) is 11.8 Å². The lowest BCUT2D eigenvalue weighted by Crippen LogP contribution is -2.56. The summed E-state index contributed by atoms with van der Waals surface area (Å²) in [7, 11) is 0. The smallest absolute Gasteiger partial charge is 0.250 e. The Balaban J connectivity index is 2.30. The second-order valence-corrected chi connectivity index (χ2v) is 7.25. The van der Waals surface area contributed by atoms with Crippen LogP contribution in [0.1, 0.15) is 27.7 Å². The predicted molar refractivity (Wildman–Crippen MR) is 77.2 cm³/mol. The maximum atomic E-state index is 12.4. The number of carbonyl (C=O) groups excluding carboxylic acids is 2. The highest BCUT2D eigenvalue weighted by Gasteiger charge is 2.46. The zero-order valence-electron chi connectivity index (χ0n) is 11.5. The summed E-state index contributed by atoms with van der Waals surface area (Å²) in [5.41, 5.74) is 0.399. The molecule has 2 N–H and O–H groups in total. The number of rotatable bonds is 1. The molecule has 1 aliphatic heterocycles. The minimum absolute atomic E-state index is 0.267. The van der Waals surface area contributed by atoms with Gasteiger partial charge in [0.2, 0.25) is 11.8 Å². The monoisotopic (exact) mass is 278 g/mol. The molecule has 0 fully saturated rings. The summed E-state index contributed by atoms with van der Waals surface area (Å²) < 4.78 is -1.14. The first kappa shape index (κ1) is 13.9. The Morgan fingerprint density at radius 1 is 1.32 bits per heavy atom. The van der Waals surface area contributed by atoms with Crippen LogP contribution in [0.5, 0.6) is 0 Å². The summed E-state index contributed by atoms with van der Waals surface area (Å²) in [5.74, 6) is -0.546. The summed E-state index contributed by atoms with van der Waals surface area (Å²) in [6.45, 7) is 7.35. The molecule has 1 heterocycles. The largest absolute Gasteiger partial charge is 0.350 e. The lowest BCUT2D eigenvalue weighted by atomic mass is 10.0. The third-order valence-electron chi connectivity index (χ3n) is 2.80. The van der Waals surface area contributed by atoms with E-state index in [-0.39, 0.29) is 17.4 Å². The highest BCUT2D eigenvalue weighted by atomic mass is 32.2. The topological polar surface area (TPSA) is 58.2 Å². The van der Waals surface area contributed by atoms with Crippen LogP contribution in [0, 0.1) is 0 Å². The van der Waals surface area contributed by atoms with Crippen molar-refractivity contribution in [3.05, 3.63) is 24.3 Å². The molecule has 0 radical (unpaired) electrons. The number of hydrogen-bond acceptors (Lipinski definition) is 3. The Kier molecular flexibility index (Phi) is 3.34. The lowest BCUT2D eigenvalue weighted by Gasteiger charge is -2.34. The van der Waals surface area contributed by atoms with Crippen molar-refractivity contribution in [2.75, 3.05) is 5.32 Å². The van der Waals surface area contributed by atoms with Gasteiger partial charge in [-0.25, -0.2) is 0 Å². The van der Waals surface area contributed by atoms with E-state index in [0.29, 0.717) is 0 Å². The van der Waals surface area contributed by atoms with E-state index >= 15 is 0 Å². The van der Waals surface area contributed by atoms with Gasteiger partial charge in [-0.3, -0.25) is 9.59 Å². The molecule has 102 valence electrons. The molecule has 1 atom stereocenters. The number of anilines is 1. The molecule has 5 heteroatoms. The summed E-state index contributed by atoms with van der Waals surface area (Å²) in [6.07, 6.45) is 0. The van der Waals surface area contributed by atoms with Crippen LogP contribution in [-0.2, 0) is 9.59 Å². The molecule has 0 aliphatic carbocycles. The SMILES string of the molecule is CC(C)(C)NC(=O)[C@]1(C)Sc2ccccc2NC1=O. The molecule has 1 aromatic carbocycles. The van der Waals surface area contributed by atoms with Crippen molar-refractivity contribution >= 4 is 29.3 Å². The quantitative estimate of drug-likeness (QED) is 0.776. The molecule has 4 nitrogen and oxygen atoms in total. The van der Waals surface area contributed by atoms with E-state index in [1.807, 2.05) is 45.0 Å². The predicted octanol–water partition coefficient (Wildman–Crippen LogP) is 2.40. The van der Waals surface area contributed by atoms with Crippen LogP contribution in [-0.4, -0.2) is 22.1 Å². The van der Waals surface area contributed by atoms with Crippen molar-refractivity contribution in [2.45, 2.75) is 42.9 Å². The number of nitrogens with one attached hydrogen (secondary N) is 2. The van der Waals surface area contributed by atoms with Crippen molar-refractivity contribution in [3.63, 3.8) is 0 Å². The van der Waals surface area contributed by atoms with Crippen molar-refractivity contribution in [1.82, 2.24) is 5.32 Å². The van der Waals surface area contributed by atoms with Gasteiger partial charge >= 0.3 is 0 Å². The van der Waals surface area contributed by atoms with Gasteiger partial charge in [-0.05, 0) is 39.8 Å². The number of hydrogen-bond donors (Lipinski definition) is 2. The number of amides is 2. The first-order valence-corrected chi connectivity index (χ1v) is 6.96. The van der Waals surface area contributed by atoms with Crippen LogP contribution >= 0.6 is 11.8 Å². The van der Waals surface area contributed by atoms with Gasteiger partial charge in [-0.2, -0.15) is 0 Å². The van der Waals surface area contributed by atoms with E-state index in [9.17, 15) is 9.59 Å². The molecule has 0 saturated heterocycles. The normalized spacial score (nSPS) is 22.4. The average Bonchev–Trinajstić information content (AvgIpc) is 2.28. The van der Waals surface area contributed by atoms with Crippen molar-refractivity contribution in [2.24, 2.45) is 0 Å². The minimum Gasteiger partial charge on any atom is -0.350 e. The van der Waals surface area contributed by atoms with E-state index < -0.39 is 4.75 Å². The summed E-state index contributed by atoms with van der Waals surface area (Å²) in [5, 5.41) is 5.67. The fourth-order valence-electron chi connectivity index (χ4n) is 1.78. The van der Waals surface area contributed by atoms with E-state index in [1.54, 1.807) is 6.92 Å². The summed E-state index contributed by atoms with van der Waals surface area (Å²) >= 11 is 1.29. The maximum absolute atomic E-state index is 12.4. The molecule has 0 unspecified atom stereocenters. The highest BCUT2D eigenvalue weighted by molar-refractivity contribution is 8.02. The first-order chi connectivity index (χ1) is 8.72. The second-order valence-electron chi connectivity index (χ2n) is 5.79. The Morgan fingerprint density at radius 2 is 1.95 bits per heavy atom. The molecule has 2 rings (SSSR count). The van der Waals surface area contributed by atoms with Crippen LogP contribution in [0.25, 0.3) is 0 Å². The van der Waals surface area contributed by atoms with E-state index in [0.717, 1.165) is 10.6 Å². The molecule has 0 aromatic heterocycles. The molecular weight excluding hydrogens is 260 g/mol. The summed E-state index contributed by atoms with van der Waals surface area (Å²) in [6, 6.07) is 7.49. The average molecular weight is 278 g/mol. The Morgan fingerprint density at radius 3 is 2.58 bits per heavy atom. The molecule has 19 heavy (non-hydrogen) atoms. The standard InChI is InChI=1S/C14H18N2O2S/c1-13(2,3)16-12(18)14(4)11(17)15-9-7-5-6-8-10(9)19-14/h5-8H,1-4H3,(H,15,17)(H,16,18)/t14-/m1/s1. The molecule has 0 saturated carbocycles. The molecule has 0 bridgehead atoms. The van der Waals surface area contributed by atoms with Gasteiger partial charge < -0.3 is 10.6 Å². The fraction of sp³-hybridized carbons (Fsp3) is 0.429. The molecule has 1 aromatic rings. The van der Waals surface area contributed by atoms with Crippen molar-refractivity contribution in [3.8, 4) is 0 Å². The van der Waals surface area contributed by atoms with Gasteiger partial charge in [0.05, 0.1) is 5.69 Å². The molecule has 1 aliphatic rings. The van der Waals surface area contributed by atoms with Crippen molar-refractivity contribution < 1.29 is 9.59 Å². The van der Waals surface area contributed by atoms with Gasteiger partial charge in [0, 0.05) is 10.4 Å². The summed E-state index contributed by atoms with van der Waals surface area (Å²) in [4.78, 5) is 25.5. The Labute approximate surface area is 117 Å². The Hall–Kier alpha value is -1.49. The van der Waals surface area contributed by atoms with Gasteiger partial charge in [0.1, 0.15) is 0 Å². The third-order valence-corrected chi connectivity index (χ3v) is 4.16. The second kappa shape index (κ2) is 4.56. The zero-order valence-corrected chi connectivity index (χ0v) is 12.4. The van der Waals surface area contributed by atoms with Gasteiger partial charge in [0.15, 0.2) is 4.75 Å². The van der Waals surface area contributed by atoms with Crippen molar-refractivity contribution in [1.29, 1.82) is 0 Å². The number of para-hydroxylation sites is 1.